The smallest absolute Gasteiger partial charge is 0.327 e. The van der Waals surface area contributed by atoms with E-state index in [0.717, 1.165) is 32.1 Å². The summed E-state index contributed by atoms with van der Waals surface area (Å²) in [4.78, 5) is 18.3. The number of aromatic nitrogens is 1. The average molecular weight is 519 g/mol. The van der Waals surface area contributed by atoms with E-state index in [1.165, 1.54) is 0 Å². The molecule has 1 aromatic heterocycles. The Morgan fingerprint density at radius 3 is 2.35 bits per heavy atom. The highest BCUT2D eigenvalue weighted by molar-refractivity contribution is 9.10. The first-order chi connectivity index (χ1) is 16.5. The SMILES string of the molecule is CCOC(=O)C(N)(Cc1ccccc1)C(c1ccccc1)c1cc2cc(Br)ccc2nc1OC. The zero-order valence-corrected chi connectivity index (χ0v) is 20.8. The zero-order valence-electron chi connectivity index (χ0n) is 19.2. The number of ether oxygens (including phenoxy) is 2. The van der Waals surface area contributed by atoms with Gasteiger partial charge >= 0.3 is 5.97 Å². The molecule has 6 heteroatoms. The topological polar surface area (TPSA) is 74.4 Å². The Morgan fingerprint density at radius 2 is 1.71 bits per heavy atom. The molecule has 4 aromatic rings. The summed E-state index contributed by atoms with van der Waals surface area (Å²) in [5.74, 6) is -0.612. The zero-order chi connectivity index (χ0) is 24.1. The van der Waals surface area contributed by atoms with Crippen LogP contribution in [0.1, 0.15) is 29.5 Å². The summed E-state index contributed by atoms with van der Waals surface area (Å²) in [6, 6.07) is 27.4. The van der Waals surface area contributed by atoms with Gasteiger partial charge in [0.1, 0.15) is 5.54 Å². The van der Waals surface area contributed by atoms with Crippen LogP contribution in [0.25, 0.3) is 10.9 Å². The Balaban J connectivity index is 1.99. The minimum Gasteiger partial charge on any atom is -0.481 e. The van der Waals surface area contributed by atoms with E-state index in [0.29, 0.717) is 5.88 Å². The molecule has 174 valence electrons. The molecule has 1 heterocycles. The van der Waals surface area contributed by atoms with Gasteiger partial charge in [0.25, 0.3) is 0 Å². The molecule has 0 saturated heterocycles. The van der Waals surface area contributed by atoms with E-state index in [4.69, 9.17) is 20.2 Å². The summed E-state index contributed by atoms with van der Waals surface area (Å²) in [6.07, 6.45) is 0.284. The lowest BCUT2D eigenvalue weighted by molar-refractivity contribution is -0.150. The summed E-state index contributed by atoms with van der Waals surface area (Å²) in [5, 5.41) is 0.914. The lowest BCUT2D eigenvalue weighted by Gasteiger charge is -2.36. The number of halogens is 1. The first-order valence-corrected chi connectivity index (χ1v) is 11.9. The average Bonchev–Trinajstić information content (AvgIpc) is 2.85. The summed E-state index contributed by atoms with van der Waals surface area (Å²) >= 11 is 3.54. The molecule has 0 spiro atoms. The fourth-order valence-electron chi connectivity index (χ4n) is 4.41. The van der Waals surface area contributed by atoms with Crippen molar-refractivity contribution in [3.63, 3.8) is 0 Å². The van der Waals surface area contributed by atoms with E-state index < -0.39 is 17.4 Å². The van der Waals surface area contributed by atoms with Crippen LogP contribution in [0.3, 0.4) is 0 Å². The van der Waals surface area contributed by atoms with Crippen molar-refractivity contribution in [2.45, 2.75) is 24.8 Å². The highest BCUT2D eigenvalue weighted by Crippen LogP contribution is 2.41. The molecule has 0 aliphatic carbocycles. The van der Waals surface area contributed by atoms with E-state index >= 15 is 0 Å². The van der Waals surface area contributed by atoms with E-state index in [1.54, 1.807) is 14.0 Å². The van der Waals surface area contributed by atoms with Crippen LogP contribution in [-0.4, -0.2) is 30.2 Å². The Hall–Kier alpha value is -3.22. The Bertz CT molecular complexity index is 1280. The number of fused-ring (bicyclic) bond motifs is 1. The van der Waals surface area contributed by atoms with E-state index in [-0.39, 0.29) is 13.0 Å². The van der Waals surface area contributed by atoms with Gasteiger partial charge in [0.2, 0.25) is 5.88 Å². The first kappa shape index (κ1) is 23.9. The van der Waals surface area contributed by atoms with Gasteiger partial charge in [0.15, 0.2) is 0 Å². The van der Waals surface area contributed by atoms with Crippen LogP contribution < -0.4 is 10.5 Å². The van der Waals surface area contributed by atoms with Crippen molar-refractivity contribution in [1.29, 1.82) is 0 Å². The molecule has 5 nitrogen and oxygen atoms in total. The number of esters is 1. The molecule has 2 N–H and O–H groups in total. The summed E-state index contributed by atoms with van der Waals surface area (Å²) < 4.78 is 12.2. The number of pyridine rings is 1. The van der Waals surface area contributed by atoms with Gasteiger partial charge in [-0.05, 0) is 42.3 Å². The number of nitrogens with two attached hydrogens (primary N) is 1. The Labute approximate surface area is 208 Å². The third-order valence-electron chi connectivity index (χ3n) is 5.92. The second-order valence-corrected chi connectivity index (χ2v) is 9.11. The third kappa shape index (κ3) is 4.83. The number of carbonyl (C=O) groups is 1. The fraction of sp³-hybridized carbons (Fsp3) is 0.214. The number of benzene rings is 3. The molecular formula is C28H27BrN2O3. The first-order valence-electron chi connectivity index (χ1n) is 11.2. The molecule has 0 bridgehead atoms. The van der Waals surface area contributed by atoms with Gasteiger partial charge < -0.3 is 15.2 Å². The predicted molar refractivity (Wildman–Crippen MR) is 138 cm³/mol. The Morgan fingerprint density at radius 1 is 1.03 bits per heavy atom. The summed E-state index contributed by atoms with van der Waals surface area (Å²) in [6.45, 7) is 2.02. The second-order valence-electron chi connectivity index (χ2n) is 8.19. The molecule has 0 aliphatic heterocycles. The number of nitrogens with zero attached hydrogens (tertiary/aromatic N) is 1. The normalized spacial score (nSPS) is 13.8. The van der Waals surface area contributed by atoms with Crippen molar-refractivity contribution >= 4 is 32.8 Å². The molecule has 0 radical (unpaired) electrons. The number of hydrogen-bond donors (Lipinski definition) is 1. The number of carbonyl (C=O) groups excluding carboxylic acids is 1. The standard InChI is InChI=1S/C28H27BrN2O3/c1-3-34-27(32)28(30,18-19-10-6-4-7-11-19)25(20-12-8-5-9-13-20)23-17-21-16-22(29)14-15-24(21)31-26(23)33-2/h4-17,25H,3,18,30H2,1-2H3. The summed E-state index contributed by atoms with van der Waals surface area (Å²) in [5.41, 5.74) is 9.02. The van der Waals surface area contributed by atoms with Crippen LogP contribution in [0.4, 0.5) is 0 Å². The predicted octanol–water partition coefficient (Wildman–Crippen LogP) is 5.64. The molecule has 0 amide bonds. The maximum Gasteiger partial charge on any atom is 0.327 e. The molecule has 2 unspecified atom stereocenters. The van der Waals surface area contributed by atoms with Gasteiger partial charge in [-0.2, -0.15) is 0 Å². The van der Waals surface area contributed by atoms with Gasteiger partial charge in [-0.15, -0.1) is 0 Å². The maximum atomic E-state index is 13.6. The molecule has 0 aliphatic rings. The lowest BCUT2D eigenvalue weighted by atomic mass is 9.72. The van der Waals surface area contributed by atoms with E-state index in [1.807, 2.05) is 84.9 Å². The monoisotopic (exact) mass is 518 g/mol. The maximum absolute atomic E-state index is 13.6. The lowest BCUT2D eigenvalue weighted by Crippen LogP contribution is -2.56. The highest BCUT2D eigenvalue weighted by Gasteiger charge is 2.46. The molecule has 2 atom stereocenters. The van der Waals surface area contributed by atoms with E-state index in [9.17, 15) is 4.79 Å². The van der Waals surface area contributed by atoms with Crippen LogP contribution in [-0.2, 0) is 16.0 Å². The van der Waals surface area contributed by atoms with Crippen molar-refractivity contribution in [2.75, 3.05) is 13.7 Å². The van der Waals surface area contributed by atoms with Crippen LogP contribution in [0.5, 0.6) is 5.88 Å². The highest BCUT2D eigenvalue weighted by atomic mass is 79.9. The minimum atomic E-state index is -1.41. The number of hydrogen-bond acceptors (Lipinski definition) is 5. The molecule has 0 saturated carbocycles. The van der Waals surface area contributed by atoms with Gasteiger partial charge in [0, 0.05) is 27.8 Å². The van der Waals surface area contributed by atoms with Crippen molar-refractivity contribution in [3.8, 4) is 5.88 Å². The largest absolute Gasteiger partial charge is 0.481 e. The van der Waals surface area contributed by atoms with Crippen molar-refractivity contribution < 1.29 is 14.3 Å². The van der Waals surface area contributed by atoms with Crippen LogP contribution in [0, 0.1) is 0 Å². The van der Waals surface area contributed by atoms with E-state index in [2.05, 4.69) is 15.9 Å². The molecule has 3 aromatic carbocycles. The molecule has 4 rings (SSSR count). The fourth-order valence-corrected chi connectivity index (χ4v) is 4.79. The van der Waals surface area contributed by atoms with Crippen LogP contribution in [0.15, 0.2) is 89.4 Å². The Kier molecular flexibility index (Phi) is 7.29. The molecule has 0 fully saturated rings. The second kappa shape index (κ2) is 10.4. The van der Waals surface area contributed by atoms with Crippen molar-refractivity contribution in [1.82, 2.24) is 4.98 Å². The van der Waals surface area contributed by atoms with Gasteiger partial charge in [-0.3, -0.25) is 4.79 Å². The third-order valence-corrected chi connectivity index (χ3v) is 6.41. The summed E-state index contributed by atoms with van der Waals surface area (Å²) in [7, 11) is 1.58. The van der Waals surface area contributed by atoms with Crippen molar-refractivity contribution in [2.24, 2.45) is 5.73 Å². The van der Waals surface area contributed by atoms with Crippen LogP contribution in [0.2, 0.25) is 0 Å². The van der Waals surface area contributed by atoms with Gasteiger partial charge in [-0.25, -0.2) is 4.98 Å². The molecular weight excluding hydrogens is 492 g/mol. The number of rotatable bonds is 8. The van der Waals surface area contributed by atoms with Crippen molar-refractivity contribution in [3.05, 3.63) is 106 Å². The number of methoxy groups -OCH3 is 1. The van der Waals surface area contributed by atoms with Gasteiger partial charge in [0.05, 0.1) is 19.2 Å². The van der Waals surface area contributed by atoms with Crippen LogP contribution >= 0.6 is 15.9 Å². The molecule has 34 heavy (non-hydrogen) atoms. The van der Waals surface area contributed by atoms with Gasteiger partial charge in [-0.1, -0.05) is 76.6 Å². The quantitative estimate of drug-likeness (QED) is 0.305. The minimum absolute atomic E-state index is 0.230.